The van der Waals surface area contributed by atoms with E-state index in [4.69, 9.17) is 0 Å². The van der Waals surface area contributed by atoms with E-state index in [9.17, 15) is 4.79 Å². The molecule has 4 bridgehead atoms. The van der Waals surface area contributed by atoms with Crippen molar-refractivity contribution >= 4 is 5.91 Å². The van der Waals surface area contributed by atoms with Crippen LogP contribution in [0.25, 0.3) is 0 Å². The second-order valence-corrected chi connectivity index (χ2v) is 9.62. The van der Waals surface area contributed by atoms with Crippen LogP contribution in [-0.2, 0) is 4.79 Å². The fraction of sp³-hybridized carbons (Fsp3) is 0.950. The molecule has 23 heavy (non-hydrogen) atoms. The predicted octanol–water partition coefficient (Wildman–Crippen LogP) is 3.19. The summed E-state index contributed by atoms with van der Waals surface area (Å²) in [6, 6.07) is 0.663. The Bertz CT molecular complexity index is 441. The topological polar surface area (TPSA) is 32.3 Å². The van der Waals surface area contributed by atoms with E-state index in [0.29, 0.717) is 11.9 Å². The van der Waals surface area contributed by atoms with E-state index >= 15 is 0 Å². The number of nitrogens with one attached hydrogen (secondary N) is 1. The third-order valence-corrected chi connectivity index (χ3v) is 7.67. The summed E-state index contributed by atoms with van der Waals surface area (Å²) >= 11 is 0. The molecule has 3 nitrogen and oxygen atoms in total. The molecule has 5 aliphatic carbocycles. The highest BCUT2D eigenvalue weighted by molar-refractivity contribution is 5.83. The summed E-state index contributed by atoms with van der Waals surface area (Å²) in [4.78, 5) is 15.6. The molecule has 0 aromatic rings. The smallest absolute Gasteiger partial charge is 0.228 e. The molecule has 5 saturated carbocycles. The standard InChI is InChI=1S/C20H32N2O/c23-19(20-10-15-7-16(11-20)9-17(8-15)12-20)22-5-3-18(4-6-22)21-13-14-1-2-14/h14-18,21H,1-13H2. The van der Waals surface area contributed by atoms with Crippen LogP contribution in [0.5, 0.6) is 0 Å². The zero-order chi connectivity index (χ0) is 15.4. The number of nitrogens with zero attached hydrogens (tertiary/aromatic N) is 1. The van der Waals surface area contributed by atoms with Gasteiger partial charge in [0.05, 0.1) is 5.41 Å². The molecule has 1 saturated heterocycles. The van der Waals surface area contributed by atoms with E-state index in [-0.39, 0.29) is 5.41 Å². The van der Waals surface area contributed by atoms with Crippen molar-refractivity contribution in [2.75, 3.05) is 19.6 Å². The van der Waals surface area contributed by atoms with E-state index in [1.54, 1.807) is 0 Å². The molecular formula is C20H32N2O. The zero-order valence-corrected chi connectivity index (χ0v) is 14.4. The van der Waals surface area contributed by atoms with Gasteiger partial charge in [0, 0.05) is 19.1 Å². The summed E-state index contributed by atoms with van der Waals surface area (Å²) in [7, 11) is 0. The highest BCUT2D eigenvalue weighted by atomic mass is 16.2. The Balaban J connectivity index is 1.20. The highest BCUT2D eigenvalue weighted by Gasteiger charge is 2.55. The molecule has 0 aromatic carbocycles. The van der Waals surface area contributed by atoms with Crippen molar-refractivity contribution in [3.63, 3.8) is 0 Å². The van der Waals surface area contributed by atoms with Crippen LogP contribution in [0.2, 0.25) is 0 Å². The van der Waals surface area contributed by atoms with Crippen molar-refractivity contribution in [3.8, 4) is 0 Å². The Morgan fingerprint density at radius 2 is 1.48 bits per heavy atom. The molecule has 1 heterocycles. The quantitative estimate of drug-likeness (QED) is 0.864. The van der Waals surface area contributed by atoms with E-state index in [2.05, 4.69) is 10.2 Å². The number of hydrogen-bond donors (Lipinski definition) is 1. The van der Waals surface area contributed by atoms with Crippen LogP contribution < -0.4 is 5.32 Å². The Kier molecular flexibility index (Phi) is 3.51. The summed E-state index contributed by atoms with van der Waals surface area (Å²) in [5.41, 5.74) is 0.0724. The minimum absolute atomic E-state index is 0.0724. The second-order valence-electron chi connectivity index (χ2n) is 9.62. The monoisotopic (exact) mass is 316 g/mol. The van der Waals surface area contributed by atoms with Crippen molar-refractivity contribution in [2.24, 2.45) is 29.1 Å². The van der Waals surface area contributed by atoms with Crippen LogP contribution in [-0.4, -0.2) is 36.5 Å². The molecule has 0 aromatic heterocycles. The number of piperidine rings is 1. The summed E-state index contributed by atoms with van der Waals surface area (Å²) in [6.07, 6.45) is 13.1. The van der Waals surface area contributed by atoms with Crippen LogP contribution >= 0.6 is 0 Å². The maximum absolute atomic E-state index is 13.3. The van der Waals surface area contributed by atoms with Crippen LogP contribution in [0.4, 0.5) is 0 Å². The van der Waals surface area contributed by atoms with Crippen LogP contribution in [0.3, 0.4) is 0 Å². The molecule has 6 fully saturated rings. The first-order valence-electron chi connectivity index (χ1n) is 10.2. The molecule has 1 aliphatic heterocycles. The molecule has 6 aliphatic rings. The third kappa shape index (κ3) is 2.73. The van der Waals surface area contributed by atoms with Crippen molar-refractivity contribution in [1.82, 2.24) is 10.2 Å². The lowest BCUT2D eigenvalue weighted by Crippen LogP contribution is -2.56. The number of amides is 1. The van der Waals surface area contributed by atoms with Gasteiger partial charge in [0.25, 0.3) is 0 Å². The van der Waals surface area contributed by atoms with E-state index < -0.39 is 0 Å². The minimum Gasteiger partial charge on any atom is -0.342 e. The van der Waals surface area contributed by atoms with Gasteiger partial charge in [-0.15, -0.1) is 0 Å². The molecule has 128 valence electrons. The molecule has 0 atom stereocenters. The minimum atomic E-state index is 0.0724. The number of carbonyl (C=O) groups excluding carboxylic acids is 1. The van der Waals surface area contributed by atoms with Gasteiger partial charge in [-0.2, -0.15) is 0 Å². The fourth-order valence-corrected chi connectivity index (χ4v) is 6.65. The summed E-state index contributed by atoms with van der Waals surface area (Å²) in [6.45, 7) is 3.22. The summed E-state index contributed by atoms with van der Waals surface area (Å²) in [5, 5.41) is 3.74. The van der Waals surface area contributed by atoms with Crippen LogP contribution in [0.15, 0.2) is 0 Å². The van der Waals surface area contributed by atoms with Crippen molar-refractivity contribution < 1.29 is 4.79 Å². The van der Waals surface area contributed by atoms with E-state index in [1.807, 2.05) is 0 Å². The van der Waals surface area contributed by atoms with Crippen molar-refractivity contribution in [2.45, 2.75) is 70.3 Å². The van der Waals surface area contributed by atoms with Crippen LogP contribution in [0, 0.1) is 29.1 Å². The first-order chi connectivity index (χ1) is 11.2. The second kappa shape index (κ2) is 5.47. The van der Waals surface area contributed by atoms with Crippen molar-refractivity contribution in [3.05, 3.63) is 0 Å². The predicted molar refractivity (Wildman–Crippen MR) is 90.9 cm³/mol. The molecule has 0 unspecified atom stereocenters. The van der Waals surface area contributed by atoms with Gasteiger partial charge in [-0.05, 0) is 94.4 Å². The van der Waals surface area contributed by atoms with Gasteiger partial charge in [-0.3, -0.25) is 4.79 Å². The van der Waals surface area contributed by atoms with Gasteiger partial charge in [0.15, 0.2) is 0 Å². The molecule has 3 heteroatoms. The molecule has 0 radical (unpaired) electrons. The Morgan fingerprint density at radius 3 is 2.00 bits per heavy atom. The average Bonchev–Trinajstić information content (AvgIpc) is 3.36. The highest BCUT2D eigenvalue weighted by Crippen LogP contribution is 2.60. The molecular weight excluding hydrogens is 284 g/mol. The van der Waals surface area contributed by atoms with Gasteiger partial charge in [-0.1, -0.05) is 0 Å². The lowest BCUT2D eigenvalue weighted by molar-refractivity contribution is -0.158. The lowest BCUT2D eigenvalue weighted by Gasteiger charge is -2.57. The number of hydrogen-bond acceptors (Lipinski definition) is 2. The molecule has 1 amide bonds. The number of likely N-dealkylation sites (tertiary alicyclic amines) is 1. The first-order valence-corrected chi connectivity index (χ1v) is 10.2. The largest absolute Gasteiger partial charge is 0.342 e. The Hall–Kier alpha value is -0.570. The van der Waals surface area contributed by atoms with Gasteiger partial charge >= 0.3 is 0 Å². The van der Waals surface area contributed by atoms with Gasteiger partial charge in [0.2, 0.25) is 5.91 Å². The fourth-order valence-electron chi connectivity index (χ4n) is 6.65. The zero-order valence-electron chi connectivity index (χ0n) is 14.4. The van der Waals surface area contributed by atoms with Gasteiger partial charge in [-0.25, -0.2) is 0 Å². The number of rotatable bonds is 4. The number of carbonyl (C=O) groups is 1. The van der Waals surface area contributed by atoms with E-state index in [1.165, 1.54) is 70.8 Å². The lowest BCUT2D eigenvalue weighted by atomic mass is 9.49. The third-order valence-electron chi connectivity index (χ3n) is 7.67. The van der Waals surface area contributed by atoms with Crippen LogP contribution in [0.1, 0.15) is 64.2 Å². The normalized spacial score (nSPS) is 43.1. The summed E-state index contributed by atoms with van der Waals surface area (Å²) < 4.78 is 0. The SMILES string of the molecule is O=C(N1CCC(NCC2CC2)CC1)C12CC3CC(CC(C3)C1)C2. The van der Waals surface area contributed by atoms with E-state index in [0.717, 1.165) is 36.8 Å². The molecule has 1 N–H and O–H groups in total. The molecule has 0 spiro atoms. The van der Waals surface area contributed by atoms with Gasteiger partial charge < -0.3 is 10.2 Å². The van der Waals surface area contributed by atoms with Crippen molar-refractivity contribution in [1.29, 1.82) is 0 Å². The molecule has 6 rings (SSSR count). The maximum atomic E-state index is 13.3. The summed E-state index contributed by atoms with van der Waals surface area (Å²) in [5.74, 6) is 4.15. The Morgan fingerprint density at radius 1 is 0.913 bits per heavy atom. The average molecular weight is 316 g/mol. The first kappa shape index (κ1) is 14.7. The maximum Gasteiger partial charge on any atom is 0.228 e. The van der Waals surface area contributed by atoms with Gasteiger partial charge in [0.1, 0.15) is 0 Å². The Labute approximate surface area is 140 Å².